The maximum absolute atomic E-state index is 11.7. The molecule has 1 unspecified atom stereocenters. The van der Waals surface area contributed by atoms with Crippen LogP contribution in [-0.2, 0) is 0 Å². The van der Waals surface area contributed by atoms with E-state index < -0.39 is 0 Å². The van der Waals surface area contributed by atoms with Crippen LogP contribution in [0, 0.1) is 11.3 Å². The Bertz CT molecular complexity index is 445. The van der Waals surface area contributed by atoms with Gasteiger partial charge < -0.3 is 4.90 Å². The van der Waals surface area contributed by atoms with E-state index >= 15 is 0 Å². The lowest BCUT2D eigenvalue weighted by Crippen LogP contribution is -2.26. The Labute approximate surface area is 110 Å². The van der Waals surface area contributed by atoms with Gasteiger partial charge in [-0.15, -0.1) is 0 Å². The van der Waals surface area contributed by atoms with Crippen LogP contribution in [0.25, 0.3) is 0 Å². The first-order chi connectivity index (χ1) is 8.39. The van der Waals surface area contributed by atoms with Gasteiger partial charge in [-0.3, -0.25) is 4.79 Å². The molecule has 0 bridgehead atoms. The maximum atomic E-state index is 11.7. The molecule has 0 aromatic heterocycles. The number of nitrogens with zero attached hydrogens (tertiary/aromatic N) is 1. The summed E-state index contributed by atoms with van der Waals surface area (Å²) in [5.74, 6) is 0.863. The molecule has 1 aromatic rings. The monoisotopic (exact) mass is 245 g/mol. The van der Waals surface area contributed by atoms with Gasteiger partial charge in [0.1, 0.15) is 0 Å². The van der Waals surface area contributed by atoms with E-state index in [-0.39, 0.29) is 5.78 Å². The lowest BCUT2D eigenvalue weighted by atomic mass is 9.80. The van der Waals surface area contributed by atoms with Crippen molar-refractivity contribution in [2.24, 2.45) is 11.3 Å². The van der Waals surface area contributed by atoms with Crippen LogP contribution in [0.5, 0.6) is 0 Å². The van der Waals surface area contributed by atoms with Crippen molar-refractivity contribution in [2.75, 3.05) is 18.0 Å². The summed E-state index contributed by atoms with van der Waals surface area (Å²) in [4.78, 5) is 14.0. The molecule has 98 valence electrons. The molecule has 1 aliphatic rings. The summed E-state index contributed by atoms with van der Waals surface area (Å²) in [6.07, 6.45) is 1.22. The van der Waals surface area contributed by atoms with Gasteiger partial charge in [0, 0.05) is 24.3 Å². The number of hydrogen-bond donors (Lipinski definition) is 0. The second-order valence-electron chi connectivity index (χ2n) is 6.37. The molecule has 0 radical (unpaired) electrons. The van der Waals surface area contributed by atoms with Crippen molar-refractivity contribution < 1.29 is 4.79 Å². The van der Waals surface area contributed by atoms with Gasteiger partial charge in [-0.2, -0.15) is 0 Å². The zero-order valence-electron chi connectivity index (χ0n) is 11.9. The summed E-state index contributed by atoms with van der Waals surface area (Å²) in [6.45, 7) is 10.7. The molecule has 0 amide bonds. The van der Waals surface area contributed by atoms with Gasteiger partial charge in [0.2, 0.25) is 0 Å². The minimum absolute atomic E-state index is 0.157. The Morgan fingerprint density at radius 2 is 1.94 bits per heavy atom. The highest BCUT2D eigenvalue weighted by Crippen LogP contribution is 2.36. The first-order valence-electron chi connectivity index (χ1n) is 6.74. The Hall–Kier alpha value is -1.31. The number of carbonyl (C=O) groups is 1. The quantitative estimate of drug-likeness (QED) is 0.739. The predicted octanol–water partition coefficient (Wildman–Crippen LogP) is 3.76. The van der Waals surface area contributed by atoms with Crippen LogP contribution in [0.3, 0.4) is 0 Å². The van der Waals surface area contributed by atoms with Crippen LogP contribution >= 0.6 is 0 Å². The predicted molar refractivity (Wildman–Crippen MR) is 76.2 cm³/mol. The van der Waals surface area contributed by atoms with Gasteiger partial charge in [-0.25, -0.2) is 0 Å². The smallest absolute Gasteiger partial charge is 0.161 e. The number of Topliss-reactive ketones (excluding diaryl/α,β-unsaturated/α-hetero) is 1. The standard InChI is InChI=1S/C16H23NO/c1-12(18)14-7-5-6-8-15(14)17-10-9-13(11-17)16(2,3)4/h5-8,13H,9-11H2,1-4H3. The second kappa shape index (κ2) is 4.75. The zero-order valence-corrected chi connectivity index (χ0v) is 11.9. The number of hydrogen-bond acceptors (Lipinski definition) is 2. The van der Waals surface area contributed by atoms with E-state index in [0.717, 1.165) is 24.3 Å². The Balaban J connectivity index is 2.22. The third kappa shape index (κ3) is 2.58. The average molecular weight is 245 g/mol. The number of anilines is 1. The highest BCUT2D eigenvalue weighted by Gasteiger charge is 2.32. The molecular weight excluding hydrogens is 222 g/mol. The summed E-state index contributed by atoms with van der Waals surface area (Å²) < 4.78 is 0. The molecule has 18 heavy (non-hydrogen) atoms. The second-order valence-corrected chi connectivity index (χ2v) is 6.37. The van der Waals surface area contributed by atoms with Crippen molar-refractivity contribution in [3.8, 4) is 0 Å². The van der Waals surface area contributed by atoms with Gasteiger partial charge in [0.25, 0.3) is 0 Å². The molecule has 0 spiro atoms. The van der Waals surface area contributed by atoms with Crippen LogP contribution in [-0.4, -0.2) is 18.9 Å². The molecule has 0 N–H and O–H groups in total. The maximum Gasteiger partial charge on any atom is 0.161 e. The largest absolute Gasteiger partial charge is 0.371 e. The molecule has 0 saturated carbocycles. The number of para-hydroxylation sites is 1. The van der Waals surface area contributed by atoms with E-state index in [9.17, 15) is 4.79 Å². The molecule has 0 aliphatic carbocycles. The van der Waals surface area contributed by atoms with Crippen LogP contribution in [0.15, 0.2) is 24.3 Å². The highest BCUT2D eigenvalue weighted by atomic mass is 16.1. The first-order valence-corrected chi connectivity index (χ1v) is 6.74. The summed E-state index contributed by atoms with van der Waals surface area (Å²) in [5, 5.41) is 0. The fourth-order valence-electron chi connectivity index (χ4n) is 2.73. The molecule has 1 aromatic carbocycles. The minimum atomic E-state index is 0.157. The number of carbonyl (C=O) groups excluding carboxylic acids is 1. The van der Waals surface area contributed by atoms with Crippen LogP contribution in [0.4, 0.5) is 5.69 Å². The van der Waals surface area contributed by atoms with E-state index in [1.165, 1.54) is 6.42 Å². The van der Waals surface area contributed by atoms with Crippen molar-refractivity contribution in [1.29, 1.82) is 0 Å². The van der Waals surface area contributed by atoms with Crippen molar-refractivity contribution in [1.82, 2.24) is 0 Å². The molecule has 1 heterocycles. The summed E-state index contributed by atoms with van der Waals surface area (Å²) in [7, 11) is 0. The van der Waals surface area contributed by atoms with E-state index in [4.69, 9.17) is 0 Å². The Morgan fingerprint density at radius 1 is 1.28 bits per heavy atom. The molecule has 1 fully saturated rings. The molecule has 2 nitrogen and oxygen atoms in total. The van der Waals surface area contributed by atoms with E-state index in [2.05, 4.69) is 31.7 Å². The highest BCUT2D eigenvalue weighted by molar-refractivity contribution is 5.99. The van der Waals surface area contributed by atoms with Crippen LogP contribution < -0.4 is 4.90 Å². The summed E-state index contributed by atoms with van der Waals surface area (Å²) in [6, 6.07) is 7.97. The van der Waals surface area contributed by atoms with Crippen molar-refractivity contribution in [3.63, 3.8) is 0 Å². The van der Waals surface area contributed by atoms with Crippen molar-refractivity contribution >= 4 is 11.5 Å². The minimum Gasteiger partial charge on any atom is -0.371 e. The topological polar surface area (TPSA) is 20.3 Å². The number of ketones is 1. The molecule has 1 saturated heterocycles. The Kier molecular flexibility index (Phi) is 3.47. The first kappa shape index (κ1) is 13.1. The van der Waals surface area contributed by atoms with Crippen molar-refractivity contribution in [2.45, 2.75) is 34.1 Å². The fraction of sp³-hybridized carbons (Fsp3) is 0.562. The fourth-order valence-corrected chi connectivity index (χ4v) is 2.73. The number of rotatable bonds is 2. The van der Waals surface area contributed by atoms with E-state index in [1.54, 1.807) is 6.92 Å². The summed E-state index contributed by atoms with van der Waals surface area (Å²) >= 11 is 0. The molecule has 2 heteroatoms. The van der Waals surface area contributed by atoms with Crippen LogP contribution in [0.2, 0.25) is 0 Å². The van der Waals surface area contributed by atoms with E-state index in [0.29, 0.717) is 11.3 Å². The van der Waals surface area contributed by atoms with Gasteiger partial charge in [0.15, 0.2) is 5.78 Å². The number of benzene rings is 1. The SMILES string of the molecule is CC(=O)c1ccccc1N1CCC(C(C)(C)C)C1. The lowest BCUT2D eigenvalue weighted by molar-refractivity contribution is 0.101. The molecule has 1 atom stereocenters. The van der Waals surface area contributed by atoms with Gasteiger partial charge in [-0.05, 0) is 36.8 Å². The normalized spacial score (nSPS) is 20.2. The van der Waals surface area contributed by atoms with Crippen LogP contribution in [0.1, 0.15) is 44.5 Å². The lowest BCUT2D eigenvalue weighted by Gasteiger charge is -2.28. The molecule has 2 rings (SSSR count). The average Bonchev–Trinajstić information content (AvgIpc) is 2.77. The van der Waals surface area contributed by atoms with Gasteiger partial charge in [0.05, 0.1) is 0 Å². The van der Waals surface area contributed by atoms with Gasteiger partial charge >= 0.3 is 0 Å². The molecular formula is C16H23NO. The van der Waals surface area contributed by atoms with Crippen molar-refractivity contribution in [3.05, 3.63) is 29.8 Å². The summed E-state index contributed by atoms with van der Waals surface area (Å²) in [5.41, 5.74) is 2.31. The zero-order chi connectivity index (χ0) is 13.3. The molecule has 1 aliphatic heterocycles. The van der Waals surface area contributed by atoms with Gasteiger partial charge in [-0.1, -0.05) is 32.9 Å². The third-order valence-corrected chi connectivity index (χ3v) is 4.04. The third-order valence-electron chi connectivity index (χ3n) is 4.04. The van der Waals surface area contributed by atoms with E-state index in [1.807, 2.05) is 18.2 Å². The Morgan fingerprint density at radius 3 is 2.50 bits per heavy atom.